The van der Waals surface area contributed by atoms with E-state index < -0.39 is 5.60 Å². The van der Waals surface area contributed by atoms with Crippen LogP contribution >= 0.6 is 0 Å². The summed E-state index contributed by atoms with van der Waals surface area (Å²) in [6.07, 6.45) is 0.772. The van der Waals surface area contributed by atoms with Gasteiger partial charge in [-0.25, -0.2) is 0 Å². The summed E-state index contributed by atoms with van der Waals surface area (Å²) >= 11 is 0. The van der Waals surface area contributed by atoms with E-state index in [1.54, 1.807) is 13.8 Å². The lowest BCUT2D eigenvalue weighted by atomic mass is 10.0. The summed E-state index contributed by atoms with van der Waals surface area (Å²) in [5, 5.41) is 16.2. The van der Waals surface area contributed by atoms with Crippen molar-refractivity contribution < 1.29 is 9.90 Å². The average Bonchev–Trinajstić information content (AvgIpc) is 3.29. The topological polar surface area (TPSA) is 64.6 Å². The molecular weight excluding hydrogens is 278 g/mol. The van der Waals surface area contributed by atoms with Crippen LogP contribution in [0.1, 0.15) is 20.3 Å². The summed E-state index contributed by atoms with van der Waals surface area (Å²) in [6.45, 7) is 7.60. The summed E-state index contributed by atoms with van der Waals surface area (Å²) in [6, 6.07) is 8.02. The molecule has 3 rings (SSSR count). The van der Waals surface area contributed by atoms with Gasteiger partial charge in [-0.05, 0) is 50.5 Å². The zero-order valence-electron chi connectivity index (χ0n) is 13.3. The van der Waals surface area contributed by atoms with Gasteiger partial charge in [-0.15, -0.1) is 0 Å². The molecule has 3 N–H and O–H groups in total. The highest BCUT2D eigenvalue weighted by molar-refractivity contribution is 5.94. The van der Waals surface area contributed by atoms with Gasteiger partial charge in [0.1, 0.15) is 0 Å². The maximum Gasteiger partial charge on any atom is 0.227 e. The Morgan fingerprint density at radius 1 is 1.27 bits per heavy atom. The smallest absolute Gasteiger partial charge is 0.227 e. The molecule has 1 saturated heterocycles. The fourth-order valence-corrected chi connectivity index (χ4v) is 3.18. The number of nitrogens with one attached hydrogen (secondary N) is 2. The Balaban J connectivity index is 1.56. The van der Waals surface area contributed by atoms with Crippen molar-refractivity contribution in [2.24, 2.45) is 11.8 Å². The van der Waals surface area contributed by atoms with Crippen molar-refractivity contribution in [2.75, 3.05) is 36.4 Å². The number of carbonyl (C=O) groups excluding carboxylic acids is 1. The average molecular weight is 303 g/mol. The van der Waals surface area contributed by atoms with Crippen LogP contribution in [0.25, 0.3) is 0 Å². The molecule has 0 unspecified atom stereocenters. The number of benzene rings is 1. The first-order valence-corrected chi connectivity index (χ1v) is 8.04. The van der Waals surface area contributed by atoms with Gasteiger partial charge in [-0.3, -0.25) is 4.79 Å². The minimum Gasteiger partial charge on any atom is -0.390 e. The summed E-state index contributed by atoms with van der Waals surface area (Å²) in [4.78, 5) is 14.5. The Bertz CT molecular complexity index is 530. The third-order valence-corrected chi connectivity index (χ3v) is 4.65. The first-order valence-electron chi connectivity index (χ1n) is 8.04. The fourth-order valence-electron chi connectivity index (χ4n) is 3.18. The molecule has 1 amide bonds. The van der Waals surface area contributed by atoms with Crippen LogP contribution < -0.4 is 15.5 Å². The summed E-state index contributed by atoms with van der Waals surface area (Å²) in [5.41, 5.74) is 1.25. The van der Waals surface area contributed by atoms with Crippen LogP contribution in [-0.4, -0.2) is 42.8 Å². The van der Waals surface area contributed by atoms with E-state index in [2.05, 4.69) is 27.7 Å². The number of hydrogen-bond acceptors (Lipinski definition) is 4. The van der Waals surface area contributed by atoms with Crippen molar-refractivity contribution in [3.8, 4) is 0 Å². The predicted molar refractivity (Wildman–Crippen MR) is 88.0 cm³/mol. The molecule has 5 heteroatoms. The third-order valence-electron chi connectivity index (χ3n) is 4.65. The van der Waals surface area contributed by atoms with E-state index in [0.29, 0.717) is 0 Å². The highest BCUT2D eigenvalue weighted by atomic mass is 16.3. The Labute approximate surface area is 131 Å². The summed E-state index contributed by atoms with van der Waals surface area (Å²) in [5.74, 6) is 0.0301. The molecule has 1 saturated carbocycles. The quantitative estimate of drug-likeness (QED) is 0.787. The number of aliphatic hydroxyl groups is 1. The molecule has 2 aliphatic rings. The van der Waals surface area contributed by atoms with Crippen molar-refractivity contribution in [3.63, 3.8) is 0 Å². The molecule has 1 aliphatic heterocycles. The van der Waals surface area contributed by atoms with E-state index in [1.807, 2.05) is 12.1 Å². The second-order valence-electron chi connectivity index (χ2n) is 6.88. The second kappa shape index (κ2) is 5.89. The zero-order chi connectivity index (χ0) is 15.7. The number of rotatable bonds is 4. The second-order valence-corrected chi connectivity index (χ2v) is 6.88. The van der Waals surface area contributed by atoms with E-state index in [-0.39, 0.29) is 17.7 Å². The lowest BCUT2D eigenvalue weighted by Crippen LogP contribution is -2.43. The van der Waals surface area contributed by atoms with Crippen LogP contribution in [0.5, 0.6) is 0 Å². The molecule has 22 heavy (non-hydrogen) atoms. The Morgan fingerprint density at radius 3 is 2.45 bits per heavy atom. The van der Waals surface area contributed by atoms with Crippen molar-refractivity contribution in [1.29, 1.82) is 0 Å². The van der Waals surface area contributed by atoms with Crippen LogP contribution in [0, 0.1) is 11.8 Å². The Morgan fingerprint density at radius 2 is 1.91 bits per heavy atom. The normalized spacial score (nSPS) is 25.0. The number of carbonyl (C=O) groups is 1. The molecule has 0 aromatic heterocycles. The van der Waals surface area contributed by atoms with Crippen molar-refractivity contribution in [2.45, 2.75) is 25.9 Å². The van der Waals surface area contributed by atoms with Gasteiger partial charge in [-0.1, -0.05) is 0 Å². The number of piperazine rings is 1. The van der Waals surface area contributed by atoms with Crippen LogP contribution in [-0.2, 0) is 4.79 Å². The first kappa shape index (κ1) is 15.3. The van der Waals surface area contributed by atoms with Gasteiger partial charge in [0.25, 0.3) is 0 Å². The standard InChI is InChI=1S/C17H25N3O2/c1-17(2,22)15-11-14(15)16(21)19-12-3-5-13(6-4-12)20-9-7-18-8-10-20/h3-6,14-15,18,22H,7-11H2,1-2H3,(H,19,21)/t14-,15-/m1/s1. The number of anilines is 2. The predicted octanol–water partition coefficient (Wildman–Crippen LogP) is 1.44. The summed E-state index contributed by atoms with van der Waals surface area (Å²) < 4.78 is 0. The molecule has 2 fully saturated rings. The maximum absolute atomic E-state index is 12.2. The monoisotopic (exact) mass is 303 g/mol. The molecule has 0 radical (unpaired) electrons. The Hall–Kier alpha value is -1.59. The van der Waals surface area contributed by atoms with Gasteiger partial charge in [0.2, 0.25) is 5.91 Å². The van der Waals surface area contributed by atoms with Crippen LogP contribution in [0.4, 0.5) is 11.4 Å². The Kier molecular flexibility index (Phi) is 4.10. The molecule has 0 bridgehead atoms. The SMILES string of the molecule is CC(C)(O)[C@@H]1C[C@H]1C(=O)Nc1ccc(N2CCNCC2)cc1. The van der Waals surface area contributed by atoms with E-state index in [4.69, 9.17) is 0 Å². The molecule has 5 nitrogen and oxygen atoms in total. The minimum atomic E-state index is -0.770. The molecule has 1 aromatic carbocycles. The largest absolute Gasteiger partial charge is 0.390 e. The van der Waals surface area contributed by atoms with Gasteiger partial charge in [-0.2, -0.15) is 0 Å². The van der Waals surface area contributed by atoms with Gasteiger partial charge < -0.3 is 20.6 Å². The lowest BCUT2D eigenvalue weighted by molar-refractivity contribution is -0.118. The molecule has 1 aliphatic carbocycles. The number of nitrogens with zero attached hydrogens (tertiary/aromatic N) is 1. The maximum atomic E-state index is 12.2. The fraction of sp³-hybridized carbons (Fsp3) is 0.588. The van der Waals surface area contributed by atoms with Gasteiger partial charge in [0, 0.05) is 43.5 Å². The molecule has 0 spiro atoms. The minimum absolute atomic E-state index is 0.0158. The van der Waals surface area contributed by atoms with Gasteiger partial charge >= 0.3 is 0 Å². The molecule has 1 aromatic rings. The van der Waals surface area contributed by atoms with E-state index in [9.17, 15) is 9.90 Å². The van der Waals surface area contributed by atoms with Crippen molar-refractivity contribution >= 4 is 17.3 Å². The van der Waals surface area contributed by atoms with E-state index in [0.717, 1.165) is 38.3 Å². The molecule has 2 atom stereocenters. The van der Waals surface area contributed by atoms with Crippen LogP contribution in [0.3, 0.4) is 0 Å². The zero-order valence-corrected chi connectivity index (χ0v) is 13.3. The summed E-state index contributed by atoms with van der Waals surface area (Å²) in [7, 11) is 0. The first-order chi connectivity index (χ1) is 10.4. The van der Waals surface area contributed by atoms with E-state index >= 15 is 0 Å². The van der Waals surface area contributed by atoms with Crippen LogP contribution in [0.2, 0.25) is 0 Å². The van der Waals surface area contributed by atoms with Gasteiger partial charge in [0.05, 0.1) is 5.60 Å². The number of amides is 1. The van der Waals surface area contributed by atoms with Crippen LogP contribution in [0.15, 0.2) is 24.3 Å². The van der Waals surface area contributed by atoms with E-state index in [1.165, 1.54) is 5.69 Å². The number of hydrogen-bond donors (Lipinski definition) is 3. The highest BCUT2D eigenvalue weighted by Gasteiger charge is 2.50. The third kappa shape index (κ3) is 3.42. The molecule has 120 valence electrons. The molecule has 1 heterocycles. The lowest BCUT2D eigenvalue weighted by Gasteiger charge is -2.29. The van der Waals surface area contributed by atoms with Crippen molar-refractivity contribution in [3.05, 3.63) is 24.3 Å². The highest BCUT2D eigenvalue weighted by Crippen LogP contribution is 2.46. The molecular formula is C17H25N3O2. The van der Waals surface area contributed by atoms with Gasteiger partial charge in [0.15, 0.2) is 0 Å². The van der Waals surface area contributed by atoms with Crippen molar-refractivity contribution in [1.82, 2.24) is 5.32 Å².